The summed E-state index contributed by atoms with van der Waals surface area (Å²) in [5.74, 6) is -1.16. The number of rotatable bonds is 7. The molecule has 5 nitrogen and oxygen atoms in total. The summed E-state index contributed by atoms with van der Waals surface area (Å²) in [5, 5.41) is 4.90. The smallest absolute Gasteiger partial charge is 0.307 e. The molecule has 1 amide bonds. The molecule has 2 aromatic rings. The van der Waals surface area contributed by atoms with Crippen molar-refractivity contribution in [1.29, 1.82) is 0 Å². The highest BCUT2D eigenvalue weighted by Gasteiger charge is 2.19. The van der Waals surface area contributed by atoms with Gasteiger partial charge in [-0.2, -0.15) is 0 Å². The zero-order valence-corrected chi connectivity index (χ0v) is 14.5. The summed E-state index contributed by atoms with van der Waals surface area (Å²) in [6, 6.07) is 10.1. The van der Waals surface area contributed by atoms with Crippen LogP contribution in [0.2, 0.25) is 5.02 Å². The first-order valence-corrected chi connectivity index (χ1v) is 8.54. The molecule has 2 rings (SSSR count). The maximum Gasteiger partial charge on any atom is 0.307 e. The fourth-order valence-electron chi connectivity index (χ4n) is 1.90. The number of benzene rings is 1. The number of anilines is 1. The molecule has 1 N–H and O–H groups in total. The number of ketones is 1. The average Bonchev–Trinajstić information content (AvgIpc) is 3.07. The first-order chi connectivity index (χ1) is 11.5. The predicted molar refractivity (Wildman–Crippen MR) is 93.5 cm³/mol. The number of carbonyl (C=O) groups is 3. The van der Waals surface area contributed by atoms with Crippen molar-refractivity contribution in [3.8, 4) is 0 Å². The van der Waals surface area contributed by atoms with Gasteiger partial charge in [0.25, 0.3) is 5.91 Å². The van der Waals surface area contributed by atoms with Gasteiger partial charge in [-0.1, -0.05) is 23.7 Å². The molecule has 0 aliphatic carbocycles. The van der Waals surface area contributed by atoms with Crippen LogP contribution in [-0.4, -0.2) is 23.8 Å². The molecule has 0 aliphatic heterocycles. The second-order valence-corrected chi connectivity index (χ2v) is 6.42. The molecule has 0 fully saturated rings. The Kier molecular flexibility index (Phi) is 6.52. The molecule has 0 spiro atoms. The van der Waals surface area contributed by atoms with Gasteiger partial charge in [0.1, 0.15) is 0 Å². The fourth-order valence-corrected chi connectivity index (χ4v) is 2.78. The number of Topliss-reactive ketones (excluding diaryl/α,β-unsaturated/α-hetero) is 1. The van der Waals surface area contributed by atoms with Crippen LogP contribution in [-0.2, 0) is 14.3 Å². The van der Waals surface area contributed by atoms with Crippen LogP contribution < -0.4 is 5.32 Å². The number of nitrogens with one attached hydrogen (secondary N) is 1. The first-order valence-electron chi connectivity index (χ1n) is 7.28. The Morgan fingerprint density at radius 1 is 1.21 bits per heavy atom. The predicted octanol–water partition coefficient (Wildman–Crippen LogP) is 3.93. The van der Waals surface area contributed by atoms with Crippen molar-refractivity contribution in [3.05, 3.63) is 51.7 Å². The van der Waals surface area contributed by atoms with Gasteiger partial charge >= 0.3 is 5.97 Å². The van der Waals surface area contributed by atoms with Gasteiger partial charge in [0, 0.05) is 17.1 Å². The Morgan fingerprint density at radius 2 is 2.00 bits per heavy atom. The van der Waals surface area contributed by atoms with Gasteiger partial charge in [0.2, 0.25) is 0 Å². The Morgan fingerprint density at radius 3 is 2.67 bits per heavy atom. The van der Waals surface area contributed by atoms with E-state index in [9.17, 15) is 14.4 Å². The van der Waals surface area contributed by atoms with Crippen molar-refractivity contribution in [2.45, 2.75) is 25.9 Å². The molecule has 0 saturated heterocycles. The average molecular weight is 366 g/mol. The van der Waals surface area contributed by atoms with Gasteiger partial charge in [0.15, 0.2) is 11.9 Å². The number of hydrogen-bond donors (Lipinski definition) is 1. The van der Waals surface area contributed by atoms with Crippen LogP contribution >= 0.6 is 22.9 Å². The number of amides is 1. The van der Waals surface area contributed by atoms with Crippen molar-refractivity contribution < 1.29 is 19.1 Å². The lowest BCUT2D eigenvalue weighted by molar-refractivity contribution is -0.153. The lowest BCUT2D eigenvalue weighted by Crippen LogP contribution is -2.30. The molecule has 1 atom stereocenters. The largest absolute Gasteiger partial charge is 0.453 e. The normalized spacial score (nSPS) is 11.6. The standard InChI is InChI=1S/C17H16ClNO4S/c1-11(17(22)19-13-5-2-4-12(18)10-13)23-16(21)8-7-14(20)15-6-3-9-24-15/h2-6,9-11H,7-8H2,1H3,(H,19,22)/t11-/m0/s1. The molecule has 1 aromatic carbocycles. The topological polar surface area (TPSA) is 72.5 Å². The van der Waals surface area contributed by atoms with E-state index in [1.807, 2.05) is 0 Å². The zero-order valence-electron chi connectivity index (χ0n) is 13.0. The summed E-state index contributed by atoms with van der Waals surface area (Å²) in [4.78, 5) is 36.2. The number of thiophene rings is 1. The summed E-state index contributed by atoms with van der Waals surface area (Å²) < 4.78 is 5.05. The molecular formula is C17H16ClNO4S. The summed E-state index contributed by atoms with van der Waals surface area (Å²) in [6.45, 7) is 1.47. The Labute approximate surface area is 148 Å². The van der Waals surface area contributed by atoms with Crippen LogP contribution in [0.25, 0.3) is 0 Å². The molecule has 0 radical (unpaired) electrons. The van der Waals surface area contributed by atoms with E-state index in [1.54, 1.807) is 41.8 Å². The lowest BCUT2D eigenvalue weighted by atomic mass is 10.2. The number of halogens is 1. The van der Waals surface area contributed by atoms with E-state index in [2.05, 4.69) is 5.32 Å². The van der Waals surface area contributed by atoms with Gasteiger partial charge in [-0.25, -0.2) is 0 Å². The number of ether oxygens (including phenoxy) is 1. The maximum absolute atomic E-state index is 12.0. The van der Waals surface area contributed by atoms with E-state index >= 15 is 0 Å². The summed E-state index contributed by atoms with van der Waals surface area (Å²) in [7, 11) is 0. The monoisotopic (exact) mass is 365 g/mol. The Hall–Kier alpha value is -2.18. The first kappa shape index (κ1) is 18.2. The van der Waals surface area contributed by atoms with E-state index in [-0.39, 0.29) is 18.6 Å². The lowest BCUT2D eigenvalue weighted by Gasteiger charge is -2.13. The van der Waals surface area contributed by atoms with Gasteiger partial charge in [-0.15, -0.1) is 11.3 Å². The van der Waals surface area contributed by atoms with Gasteiger partial charge in [-0.05, 0) is 36.6 Å². The third-order valence-electron chi connectivity index (χ3n) is 3.12. The van der Waals surface area contributed by atoms with Crippen LogP contribution in [0, 0.1) is 0 Å². The summed E-state index contributed by atoms with van der Waals surface area (Å²) in [5.41, 5.74) is 0.517. The van der Waals surface area contributed by atoms with Crippen LogP contribution in [0.5, 0.6) is 0 Å². The molecule has 0 aliphatic rings. The van der Waals surface area contributed by atoms with Crippen LogP contribution in [0.1, 0.15) is 29.4 Å². The van der Waals surface area contributed by atoms with E-state index < -0.39 is 18.0 Å². The number of hydrogen-bond acceptors (Lipinski definition) is 5. The van der Waals surface area contributed by atoms with Crippen molar-refractivity contribution in [3.63, 3.8) is 0 Å². The quantitative estimate of drug-likeness (QED) is 0.596. The van der Waals surface area contributed by atoms with Crippen molar-refractivity contribution >= 4 is 46.3 Å². The van der Waals surface area contributed by atoms with Crippen LogP contribution in [0.15, 0.2) is 41.8 Å². The second kappa shape index (κ2) is 8.61. The minimum absolute atomic E-state index is 0.0575. The van der Waals surface area contributed by atoms with Gasteiger partial charge in [-0.3, -0.25) is 14.4 Å². The molecule has 24 heavy (non-hydrogen) atoms. The molecular weight excluding hydrogens is 350 g/mol. The SMILES string of the molecule is C[C@H](OC(=O)CCC(=O)c1cccs1)C(=O)Nc1cccc(Cl)c1. The Bertz CT molecular complexity index is 730. The molecule has 7 heteroatoms. The number of carbonyl (C=O) groups excluding carboxylic acids is 3. The summed E-state index contributed by atoms with van der Waals surface area (Å²) in [6.07, 6.45) is -0.971. The third-order valence-corrected chi connectivity index (χ3v) is 4.27. The zero-order chi connectivity index (χ0) is 17.5. The van der Waals surface area contributed by atoms with Crippen molar-refractivity contribution in [1.82, 2.24) is 0 Å². The molecule has 0 unspecified atom stereocenters. The van der Waals surface area contributed by atoms with Crippen LogP contribution in [0.3, 0.4) is 0 Å². The molecule has 1 heterocycles. The molecule has 1 aromatic heterocycles. The Balaban J connectivity index is 1.78. The highest BCUT2D eigenvalue weighted by atomic mass is 35.5. The highest BCUT2D eigenvalue weighted by Crippen LogP contribution is 2.16. The minimum Gasteiger partial charge on any atom is -0.453 e. The second-order valence-electron chi connectivity index (χ2n) is 5.03. The molecule has 0 saturated carbocycles. The highest BCUT2D eigenvalue weighted by molar-refractivity contribution is 7.12. The molecule has 126 valence electrons. The molecule has 0 bridgehead atoms. The van der Waals surface area contributed by atoms with E-state index in [0.717, 1.165) is 0 Å². The van der Waals surface area contributed by atoms with E-state index in [0.29, 0.717) is 15.6 Å². The maximum atomic E-state index is 12.0. The van der Waals surface area contributed by atoms with Gasteiger partial charge in [0.05, 0.1) is 11.3 Å². The van der Waals surface area contributed by atoms with Crippen molar-refractivity contribution in [2.24, 2.45) is 0 Å². The summed E-state index contributed by atoms with van der Waals surface area (Å²) >= 11 is 7.16. The van der Waals surface area contributed by atoms with Crippen molar-refractivity contribution in [2.75, 3.05) is 5.32 Å². The minimum atomic E-state index is -0.965. The number of esters is 1. The van der Waals surface area contributed by atoms with E-state index in [4.69, 9.17) is 16.3 Å². The third kappa shape index (κ3) is 5.47. The van der Waals surface area contributed by atoms with Crippen LogP contribution in [0.4, 0.5) is 5.69 Å². The van der Waals surface area contributed by atoms with E-state index in [1.165, 1.54) is 18.3 Å². The van der Waals surface area contributed by atoms with Gasteiger partial charge < -0.3 is 10.1 Å². The fraction of sp³-hybridized carbons (Fsp3) is 0.235.